The van der Waals surface area contributed by atoms with Crippen LogP contribution < -0.4 is 5.32 Å². The first-order valence-corrected chi connectivity index (χ1v) is 15.2. The zero-order chi connectivity index (χ0) is 29.3. The van der Waals surface area contributed by atoms with Crippen molar-refractivity contribution in [3.63, 3.8) is 0 Å². The number of carboxylic acids is 1. The number of aliphatic carboxylic acids is 1. The van der Waals surface area contributed by atoms with Crippen LogP contribution in [0.25, 0.3) is 0 Å². The fourth-order valence-electron chi connectivity index (χ4n) is 5.01. The highest BCUT2D eigenvalue weighted by Crippen LogP contribution is 2.28. The van der Waals surface area contributed by atoms with Crippen molar-refractivity contribution in [1.82, 2.24) is 15.1 Å². The first-order chi connectivity index (χ1) is 18.0. The second-order valence-electron chi connectivity index (χ2n) is 11.4. The molecular formula is C31H59N3O4. The second-order valence-corrected chi connectivity index (χ2v) is 11.4. The van der Waals surface area contributed by atoms with Crippen LogP contribution in [-0.4, -0.2) is 71.0 Å². The number of piperidine rings is 1. The smallest absolute Gasteiger partial charge is 0.330 e. The fraction of sp³-hybridized carbons (Fsp3) is 0.839. The number of hydrogen-bond donors (Lipinski definition) is 2. The molecule has 222 valence electrons. The summed E-state index contributed by atoms with van der Waals surface area (Å²) in [7, 11) is 1.75. The van der Waals surface area contributed by atoms with Crippen LogP contribution in [0.5, 0.6) is 0 Å². The van der Waals surface area contributed by atoms with E-state index in [2.05, 4.69) is 44.8 Å². The molecule has 3 atom stereocenters. The zero-order valence-electron chi connectivity index (χ0n) is 26.0. The molecule has 0 spiro atoms. The van der Waals surface area contributed by atoms with Crippen LogP contribution in [0.15, 0.2) is 11.6 Å². The van der Waals surface area contributed by atoms with E-state index in [1.54, 1.807) is 24.9 Å². The van der Waals surface area contributed by atoms with Crippen LogP contribution in [0.4, 0.5) is 0 Å². The van der Waals surface area contributed by atoms with Crippen molar-refractivity contribution >= 4 is 17.8 Å². The molecule has 1 aliphatic carbocycles. The lowest BCUT2D eigenvalue weighted by Crippen LogP contribution is -2.58. The van der Waals surface area contributed by atoms with Gasteiger partial charge in [-0.2, -0.15) is 0 Å². The third-order valence-corrected chi connectivity index (χ3v) is 7.32. The quantitative estimate of drug-likeness (QED) is 0.321. The van der Waals surface area contributed by atoms with Crippen molar-refractivity contribution in [2.75, 3.05) is 20.1 Å². The average molecular weight is 538 g/mol. The van der Waals surface area contributed by atoms with Crippen molar-refractivity contribution in [2.45, 2.75) is 138 Å². The van der Waals surface area contributed by atoms with Crippen LogP contribution in [0.3, 0.4) is 0 Å². The number of carbonyl (C=O) groups is 3. The molecule has 2 N–H and O–H groups in total. The lowest BCUT2D eigenvalue weighted by atomic mass is 9.83. The normalized spacial score (nSPS) is 20.3. The monoisotopic (exact) mass is 537 g/mol. The first-order valence-electron chi connectivity index (χ1n) is 15.2. The molecule has 2 fully saturated rings. The zero-order valence-corrected chi connectivity index (χ0v) is 26.0. The molecule has 1 heterocycles. The molecule has 0 aromatic rings. The van der Waals surface area contributed by atoms with Crippen LogP contribution in [0, 0.1) is 11.8 Å². The minimum absolute atomic E-state index is 0.0102. The summed E-state index contributed by atoms with van der Waals surface area (Å²) in [6, 6.07) is -0.316. The molecule has 38 heavy (non-hydrogen) atoms. The van der Waals surface area contributed by atoms with Crippen LogP contribution >= 0.6 is 0 Å². The maximum atomic E-state index is 13.4. The van der Waals surface area contributed by atoms with Gasteiger partial charge >= 0.3 is 5.97 Å². The van der Waals surface area contributed by atoms with Crippen molar-refractivity contribution in [2.24, 2.45) is 11.8 Å². The predicted molar refractivity (Wildman–Crippen MR) is 158 cm³/mol. The summed E-state index contributed by atoms with van der Waals surface area (Å²) in [5.74, 6) is -0.00859. The molecule has 0 aromatic carbocycles. The number of likely N-dealkylation sites (tertiary alicyclic amines) is 1. The summed E-state index contributed by atoms with van der Waals surface area (Å²) in [5.41, 5.74) is 0.283. The molecule has 2 amide bonds. The van der Waals surface area contributed by atoms with Gasteiger partial charge in [-0.3, -0.25) is 14.5 Å². The Morgan fingerprint density at radius 3 is 2.08 bits per heavy atom. The number of amides is 2. The van der Waals surface area contributed by atoms with E-state index in [0.29, 0.717) is 19.0 Å². The summed E-state index contributed by atoms with van der Waals surface area (Å²) in [6.45, 7) is 17.8. The Morgan fingerprint density at radius 1 is 1.00 bits per heavy atom. The molecule has 0 bridgehead atoms. The number of rotatable bonds is 10. The number of nitrogens with zero attached hydrogens (tertiary/aromatic N) is 2. The van der Waals surface area contributed by atoms with E-state index in [9.17, 15) is 14.4 Å². The summed E-state index contributed by atoms with van der Waals surface area (Å²) < 4.78 is 0. The minimum atomic E-state index is -0.940. The van der Waals surface area contributed by atoms with Gasteiger partial charge in [0.25, 0.3) is 0 Å². The fourth-order valence-corrected chi connectivity index (χ4v) is 5.01. The Balaban J connectivity index is 0.00000208. The summed E-state index contributed by atoms with van der Waals surface area (Å²) >= 11 is 0. The van der Waals surface area contributed by atoms with Crippen LogP contribution in [-0.2, 0) is 14.4 Å². The van der Waals surface area contributed by atoms with E-state index in [-0.39, 0.29) is 29.3 Å². The molecule has 2 rings (SSSR count). The first kappa shape index (κ1) is 36.1. The molecule has 0 aromatic heterocycles. The summed E-state index contributed by atoms with van der Waals surface area (Å²) in [4.78, 5) is 41.7. The largest absolute Gasteiger partial charge is 0.478 e. The molecule has 0 radical (unpaired) electrons. The van der Waals surface area contributed by atoms with E-state index < -0.39 is 12.0 Å². The molecule has 7 heteroatoms. The number of carbonyl (C=O) groups excluding carboxylic acids is 2. The Bertz CT molecular complexity index is 713. The van der Waals surface area contributed by atoms with Gasteiger partial charge in [-0.25, -0.2) is 4.79 Å². The van der Waals surface area contributed by atoms with Gasteiger partial charge in [-0.1, -0.05) is 73.3 Å². The van der Waals surface area contributed by atoms with E-state index in [0.717, 1.165) is 63.8 Å². The Morgan fingerprint density at radius 2 is 1.55 bits per heavy atom. The average Bonchev–Trinajstić information content (AvgIpc) is 2.91. The lowest BCUT2D eigenvalue weighted by Gasteiger charge is -2.40. The van der Waals surface area contributed by atoms with Gasteiger partial charge in [-0.15, -0.1) is 0 Å². The van der Waals surface area contributed by atoms with Crippen LogP contribution in [0.2, 0.25) is 0 Å². The Labute approximate surface area is 233 Å². The van der Waals surface area contributed by atoms with Gasteiger partial charge in [-0.05, 0) is 70.8 Å². The highest BCUT2D eigenvalue weighted by Gasteiger charge is 2.37. The molecule has 2 aliphatic rings. The molecule has 1 aliphatic heterocycles. The minimum Gasteiger partial charge on any atom is -0.478 e. The maximum Gasteiger partial charge on any atom is 0.330 e. The van der Waals surface area contributed by atoms with Gasteiger partial charge in [0.15, 0.2) is 0 Å². The van der Waals surface area contributed by atoms with E-state index in [4.69, 9.17) is 5.11 Å². The third-order valence-electron chi connectivity index (χ3n) is 7.32. The van der Waals surface area contributed by atoms with E-state index in [1.165, 1.54) is 6.42 Å². The lowest BCUT2D eigenvalue weighted by molar-refractivity contribution is -0.139. The number of hydrogen-bond acceptors (Lipinski definition) is 4. The molecular weight excluding hydrogens is 478 g/mol. The van der Waals surface area contributed by atoms with Gasteiger partial charge in [0, 0.05) is 25.2 Å². The highest BCUT2D eigenvalue weighted by atomic mass is 16.4. The number of nitrogens with one attached hydrogen (secondary N) is 1. The van der Waals surface area contributed by atoms with Gasteiger partial charge in [0.1, 0.15) is 6.04 Å². The summed E-state index contributed by atoms with van der Waals surface area (Å²) in [5, 5.41) is 12.2. The molecule has 1 saturated carbocycles. The standard InChI is InChI=1S/C25H43N3O4.C4H10.C2H6/c1-5-19(3)28-17-10-9-15-21(28)23(29)26-22(20-13-7-6-8-14-20)24(30)27(4)16-11-12-18(2)25(31)32;1-4(2)3;1-2/h12,19-22H,5-11,13-17H2,1-4H3,(H,26,29)(H,31,32);4H,1-3H3;1-2H3/b18-12+;;. The maximum absolute atomic E-state index is 13.4. The Hall–Kier alpha value is -1.89. The SMILES string of the molecule is CC.CC(C)C.CCC(C)N1CCCCC1C(=O)NC(C(=O)N(C)CC/C=C(\C)C(=O)O)C1CCCCC1. The Kier molecular flexibility index (Phi) is 19.1. The van der Waals surface area contributed by atoms with Crippen molar-refractivity contribution in [3.05, 3.63) is 11.6 Å². The van der Waals surface area contributed by atoms with Crippen molar-refractivity contribution in [1.29, 1.82) is 0 Å². The van der Waals surface area contributed by atoms with E-state index in [1.807, 2.05) is 13.8 Å². The van der Waals surface area contributed by atoms with Crippen molar-refractivity contribution in [3.8, 4) is 0 Å². The molecule has 7 nitrogen and oxygen atoms in total. The summed E-state index contributed by atoms with van der Waals surface area (Å²) in [6.07, 6.45) is 11.4. The second kappa shape index (κ2) is 20.1. The van der Waals surface area contributed by atoms with Crippen LogP contribution in [0.1, 0.15) is 120 Å². The van der Waals surface area contributed by atoms with Gasteiger partial charge in [0.2, 0.25) is 11.8 Å². The number of likely N-dealkylation sites (N-methyl/N-ethyl adjacent to an activating group) is 1. The van der Waals surface area contributed by atoms with Gasteiger partial charge < -0.3 is 15.3 Å². The molecule has 3 unspecified atom stereocenters. The predicted octanol–water partition coefficient (Wildman–Crippen LogP) is 6.27. The van der Waals surface area contributed by atoms with E-state index >= 15 is 0 Å². The third kappa shape index (κ3) is 13.3. The topological polar surface area (TPSA) is 90.0 Å². The van der Waals surface area contributed by atoms with Gasteiger partial charge in [0.05, 0.1) is 6.04 Å². The molecule has 1 saturated heterocycles. The number of carboxylic acid groups (broad SMARTS) is 1. The highest BCUT2D eigenvalue weighted by molar-refractivity contribution is 5.90. The van der Waals surface area contributed by atoms with Crippen molar-refractivity contribution < 1.29 is 19.5 Å².